The maximum atomic E-state index is 13.2. The van der Waals surface area contributed by atoms with Crippen molar-refractivity contribution in [3.8, 4) is 39.8 Å². The van der Waals surface area contributed by atoms with Crippen LogP contribution in [0.5, 0.6) is 17.2 Å². The zero-order chi connectivity index (χ0) is 36.1. The summed E-state index contributed by atoms with van der Waals surface area (Å²) in [5.41, 5.74) is 4.75. The first kappa shape index (κ1) is 33.2. The predicted molar refractivity (Wildman–Crippen MR) is 200 cm³/mol. The molecular formula is C42H34N6O5. The fourth-order valence-corrected chi connectivity index (χ4v) is 6.41. The third-order valence-corrected chi connectivity index (χ3v) is 9.19. The van der Waals surface area contributed by atoms with E-state index in [2.05, 4.69) is 20.6 Å². The summed E-state index contributed by atoms with van der Waals surface area (Å²) in [6, 6.07) is 39.2. The number of aryl methyl sites for hydroxylation is 2. The van der Waals surface area contributed by atoms with E-state index in [9.17, 15) is 15.0 Å². The molecule has 6 aromatic carbocycles. The fourth-order valence-electron chi connectivity index (χ4n) is 6.41. The topological polar surface area (TPSA) is 137 Å². The van der Waals surface area contributed by atoms with Crippen LogP contribution < -0.4 is 4.74 Å². The van der Waals surface area contributed by atoms with E-state index in [-0.39, 0.29) is 24.7 Å². The van der Waals surface area contributed by atoms with Crippen LogP contribution in [0.25, 0.3) is 44.1 Å². The molecule has 11 nitrogen and oxygen atoms in total. The first-order valence-electron chi connectivity index (χ1n) is 17.2. The number of benzene rings is 6. The van der Waals surface area contributed by atoms with Gasteiger partial charge in [-0.25, -0.2) is 4.68 Å². The third-order valence-electron chi connectivity index (χ3n) is 9.19. The first-order chi connectivity index (χ1) is 26.0. The number of hydrogen-bond acceptors (Lipinski definition) is 9. The normalized spacial score (nSPS) is 11.8. The lowest BCUT2D eigenvalue weighted by Crippen LogP contribution is -2.19. The second kappa shape index (κ2) is 14.7. The molecule has 8 aromatic rings. The minimum atomic E-state index is -0.502. The van der Waals surface area contributed by atoms with Gasteiger partial charge >= 0.3 is 5.97 Å². The van der Waals surface area contributed by atoms with Crippen LogP contribution in [0, 0.1) is 0 Å². The van der Waals surface area contributed by atoms with E-state index in [1.807, 2.05) is 120 Å². The molecular weight excluding hydrogens is 668 g/mol. The quantitative estimate of drug-likeness (QED) is 0.0968. The molecule has 0 aliphatic carbocycles. The van der Waals surface area contributed by atoms with Gasteiger partial charge in [-0.1, -0.05) is 101 Å². The third kappa shape index (κ3) is 7.40. The average molecular weight is 703 g/mol. The number of carbonyl (C=O) groups is 1. The number of aromatic nitrogens is 6. The fraction of sp³-hybridized carbons (Fsp3) is 0.119. The lowest BCUT2D eigenvalue weighted by atomic mass is 10.0. The lowest BCUT2D eigenvalue weighted by Gasteiger charge is -2.17. The number of ether oxygens (including phenoxy) is 2. The Balaban J connectivity index is 0.907. The van der Waals surface area contributed by atoms with Crippen LogP contribution >= 0.6 is 0 Å². The molecule has 53 heavy (non-hydrogen) atoms. The highest BCUT2D eigenvalue weighted by molar-refractivity contribution is 5.98. The lowest BCUT2D eigenvalue weighted by molar-refractivity contribution is -0.150. The van der Waals surface area contributed by atoms with Crippen LogP contribution in [-0.2, 0) is 22.5 Å². The van der Waals surface area contributed by atoms with Crippen molar-refractivity contribution < 1.29 is 24.5 Å². The molecule has 0 saturated heterocycles. The molecule has 0 aliphatic rings. The monoisotopic (exact) mass is 702 g/mol. The Morgan fingerprint density at radius 3 is 2.34 bits per heavy atom. The van der Waals surface area contributed by atoms with Crippen molar-refractivity contribution in [1.29, 1.82) is 0 Å². The summed E-state index contributed by atoms with van der Waals surface area (Å²) < 4.78 is 14.8. The largest absolute Gasteiger partial charge is 0.508 e. The second-order valence-electron chi connectivity index (χ2n) is 12.7. The van der Waals surface area contributed by atoms with E-state index in [0.29, 0.717) is 23.6 Å². The maximum Gasteiger partial charge on any atom is 0.311 e. The molecule has 0 bridgehead atoms. The van der Waals surface area contributed by atoms with Crippen LogP contribution in [0.4, 0.5) is 0 Å². The molecule has 0 saturated carbocycles. The number of hydrogen-bond donors (Lipinski definition) is 2. The molecule has 1 atom stereocenters. The number of rotatable bonds is 12. The van der Waals surface area contributed by atoms with Crippen LogP contribution in [-0.4, -0.2) is 53.0 Å². The number of phenols is 2. The van der Waals surface area contributed by atoms with E-state index < -0.39 is 12.0 Å². The smallest absolute Gasteiger partial charge is 0.311 e. The summed E-state index contributed by atoms with van der Waals surface area (Å²) >= 11 is 0. The number of phenolic OH excluding ortho intramolecular Hbond substituents is 2. The van der Waals surface area contributed by atoms with Crippen molar-refractivity contribution >= 4 is 27.5 Å². The van der Waals surface area contributed by atoms with Crippen LogP contribution in [0.3, 0.4) is 0 Å². The van der Waals surface area contributed by atoms with E-state index in [1.165, 1.54) is 0 Å². The standard InChI is InChI=1S/C42H34N6O5/c49-34-16-10-28(11-17-34)20-21-47-25-37(43-45-47)33-13-12-32-23-35(18-14-31(32)22-33)52-27-53-41(51)24-39(30-7-2-1-3-8-30)48-26-38(44-46-48)42-36-9-5-4-6-29(36)15-19-40(42)50/h1-19,22-23,25-26,39,49-50H,20-21,24,27H2. The first-order valence-corrected chi connectivity index (χ1v) is 17.2. The van der Waals surface area contributed by atoms with E-state index in [0.717, 1.165) is 50.4 Å². The number of aromatic hydroxyl groups is 2. The molecule has 11 heteroatoms. The Bertz CT molecular complexity index is 2530. The molecule has 2 N–H and O–H groups in total. The van der Waals surface area contributed by atoms with Crippen LogP contribution in [0.15, 0.2) is 140 Å². The molecule has 2 aromatic heterocycles. The molecule has 0 amide bonds. The van der Waals surface area contributed by atoms with Crippen molar-refractivity contribution in [2.45, 2.75) is 25.4 Å². The Morgan fingerprint density at radius 1 is 0.717 bits per heavy atom. The Labute approximate surface area is 304 Å². The van der Waals surface area contributed by atoms with E-state index >= 15 is 0 Å². The van der Waals surface area contributed by atoms with Gasteiger partial charge in [0.05, 0.1) is 30.4 Å². The zero-order valence-electron chi connectivity index (χ0n) is 28.5. The summed E-state index contributed by atoms with van der Waals surface area (Å²) in [6.45, 7) is 0.409. The Hall–Kier alpha value is -7.01. The van der Waals surface area contributed by atoms with Gasteiger partial charge in [0.15, 0.2) is 0 Å². The Morgan fingerprint density at radius 2 is 1.47 bits per heavy atom. The zero-order valence-corrected chi connectivity index (χ0v) is 28.5. The van der Waals surface area contributed by atoms with Gasteiger partial charge < -0.3 is 19.7 Å². The van der Waals surface area contributed by atoms with Gasteiger partial charge in [-0.3, -0.25) is 9.48 Å². The molecule has 2 heterocycles. The van der Waals surface area contributed by atoms with Crippen molar-refractivity contribution in [3.63, 3.8) is 0 Å². The van der Waals surface area contributed by atoms with Gasteiger partial charge in [0, 0.05) is 12.1 Å². The van der Waals surface area contributed by atoms with Crippen LogP contribution in [0.1, 0.15) is 23.6 Å². The second-order valence-corrected chi connectivity index (χ2v) is 12.7. The molecule has 0 radical (unpaired) electrons. The van der Waals surface area contributed by atoms with Crippen LogP contribution in [0.2, 0.25) is 0 Å². The summed E-state index contributed by atoms with van der Waals surface area (Å²) in [5.74, 6) is 0.444. The summed E-state index contributed by atoms with van der Waals surface area (Å²) in [6.07, 6.45) is 4.42. The minimum Gasteiger partial charge on any atom is -0.508 e. The van der Waals surface area contributed by atoms with E-state index in [1.54, 1.807) is 29.1 Å². The SMILES string of the molecule is O=C(CC(c1ccccc1)n1cc(-c2c(O)ccc3ccccc23)nn1)OCOc1ccc2cc(-c3cn(CCc4ccc(O)cc4)nn3)ccc2c1. The van der Waals surface area contributed by atoms with Crippen molar-refractivity contribution in [2.75, 3.05) is 6.79 Å². The van der Waals surface area contributed by atoms with Crippen molar-refractivity contribution in [3.05, 3.63) is 151 Å². The molecule has 8 rings (SSSR count). The molecule has 262 valence electrons. The summed E-state index contributed by atoms with van der Waals surface area (Å²) in [7, 11) is 0. The van der Waals surface area contributed by atoms with Gasteiger partial charge in [-0.05, 0) is 75.5 Å². The maximum absolute atomic E-state index is 13.2. The number of fused-ring (bicyclic) bond motifs is 2. The van der Waals surface area contributed by atoms with Gasteiger partial charge in [0.25, 0.3) is 0 Å². The average Bonchev–Trinajstić information content (AvgIpc) is 3.88. The number of carbonyl (C=O) groups excluding carboxylic acids is 1. The molecule has 1 unspecified atom stereocenters. The molecule has 0 fully saturated rings. The number of nitrogens with zero attached hydrogens (tertiary/aromatic N) is 6. The van der Waals surface area contributed by atoms with Crippen molar-refractivity contribution in [2.24, 2.45) is 0 Å². The van der Waals surface area contributed by atoms with Crippen molar-refractivity contribution in [1.82, 2.24) is 30.0 Å². The van der Waals surface area contributed by atoms with Gasteiger partial charge in [-0.15, -0.1) is 10.2 Å². The Kier molecular flexibility index (Phi) is 9.19. The summed E-state index contributed by atoms with van der Waals surface area (Å²) in [5, 5.41) is 41.4. The molecule has 0 spiro atoms. The number of esters is 1. The van der Waals surface area contributed by atoms with Gasteiger partial charge in [0.1, 0.15) is 28.6 Å². The highest BCUT2D eigenvalue weighted by Gasteiger charge is 2.22. The molecule has 0 aliphatic heterocycles. The van der Waals surface area contributed by atoms with Gasteiger partial charge in [0.2, 0.25) is 6.79 Å². The predicted octanol–water partition coefficient (Wildman–Crippen LogP) is 7.72. The highest BCUT2D eigenvalue weighted by atomic mass is 16.7. The minimum absolute atomic E-state index is 0.0143. The highest BCUT2D eigenvalue weighted by Crippen LogP contribution is 2.36. The summed E-state index contributed by atoms with van der Waals surface area (Å²) in [4.78, 5) is 13.2. The van der Waals surface area contributed by atoms with Gasteiger partial charge in [-0.2, -0.15) is 0 Å². The van der Waals surface area contributed by atoms with E-state index in [4.69, 9.17) is 9.47 Å².